The number of nitrogens with two attached hydrogens (primary N) is 1. The molecule has 1 fully saturated rings. The molecule has 5 nitrogen and oxygen atoms in total. The number of nitrogens with one attached hydrogen (secondary N) is 1. The first-order chi connectivity index (χ1) is 12.6. The molecule has 1 unspecified atom stereocenters. The molecule has 1 aliphatic heterocycles. The van der Waals surface area contributed by atoms with E-state index in [1.165, 1.54) is 0 Å². The van der Waals surface area contributed by atoms with Crippen molar-refractivity contribution in [3.63, 3.8) is 0 Å². The number of rotatable bonds is 6. The smallest absolute Gasteiger partial charge is 0.224 e. The monoisotopic (exact) mass is 445 g/mol. The van der Waals surface area contributed by atoms with Gasteiger partial charge in [0.15, 0.2) is 0 Å². The largest absolute Gasteiger partial charge is 0.399 e. The van der Waals surface area contributed by atoms with Gasteiger partial charge >= 0.3 is 0 Å². The van der Waals surface area contributed by atoms with E-state index in [-0.39, 0.29) is 36.8 Å². The van der Waals surface area contributed by atoms with E-state index in [4.69, 9.17) is 22.1 Å². The number of anilines is 1. The number of ether oxygens (including phenoxy) is 1. The summed E-state index contributed by atoms with van der Waals surface area (Å²) in [5, 5.41) is 3.77. The molecule has 0 radical (unpaired) electrons. The van der Waals surface area contributed by atoms with E-state index in [0.717, 1.165) is 24.2 Å². The summed E-state index contributed by atoms with van der Waals surface area (Å²) >= 11 is 6.17. The van der Waals surface area contributed by atoms with Crippen molar-refractivity contribution in [2.24, 2.45) is 0 Å². The number of nitrogen functional groups attached to an aromatic ring is 1. The van der Waals surface area contributed by atoms with Crippen LogP contribution in [0.3, 0.4) is 0 Å². The van der Waals surface area contributed by atoms with Crippen LogP contribution in [0.1, 0.15) is 17.2 Å². The predicted octanol–water partition coefficient (Wildman–Crippen LogP) is 3.50. The lowest BCUT2D eigenvalue weighted by Crippen LogP contribution is -2.44. The summed E-state index contributed by atoms with van der Waals surface area (Å²) in [7, 11) is 0. The first kappa shape index (κ1) is 24.5. The molecule has 2 aromatic carbocycles. The van der Waals surface area contributed by atoms with Crippen molar-refractivity contribution in [2.75, 3.05) is 38.6 Å². The van der Waals surface area contributed by atoms with Gasteiger partial charge in [-0.05, 0) is 35.4 Å². The number of carbonyl (C=O) groups is 1. The molecule has 0 bridgehead atoms. The summed E-state index contributed by atoms with van der Waals surface area (Å²) < 4.78 is 5.46. The fraction of sp³-hybridized carbons (Fsp3) is 0.350. The Hall–Kier alpha value is -1.50. The molecular formula is C20H26Cl3N3O2. The van der Waals surface area contributed by atoms with Crippen LogP contribution in [0.5, 0.6) is 0 Å². The maximum atomic E-state index is 12.4. The SMILES string of the molecule is Cl.Cl.Nc1ccc(CC(=O)NCC(c2cccc(Cl)c2)N2CCOCC2)cc1. The molecule has 0 saturated carbocycles. The zero-order chi connectivity index (χ0) is 18.4. The molecule has 28 heavy (non-hydrogen) atoms. The van der Waals surface area contributed by atoms with Gasteiger partial charge in [0.2, 0.25) is 5.91 Å². The zero-order valence-corrected chi connectivity index (χ0v) is 17.9. The first-order valence-corrected chi connectivity index (χ1v) is 9.18. The van der Waals surface area contributed by atoms with E-state index in [1.807, 2.05) is 42.5 Å². The van der Waals surface area contributed by atoms with Crippen LogP contribution < -0.4 is 11.1 Å². The van der Waals surface area contributed by atoms with Gasteiger partial charge < -0.3 is 15.8 Å². The molecule has 8 heteroatoms. The van der Waals surface area contributed by atoms with Crippen LogP contribution in [0.4, 0.5) is 5.69 Å². The van der Waals surface area contributed by atoms with Crippen LogP contribution in [0, 0.1) is 0 Å². The van der Waals surface area contributed by atoms with Crippen LogP contribution in [0.15, 0.2) is 48.5 Å². The lowest BCUT2D eigenvalue weighted by Gasteiger charge is -2.35. The molecule has 154 valence electrons. The van der Waals surface area contributed by atoms with Gasteiger partial charge in [-0.15, -0.1) is 24.8 Å². The number of morpholine rings is 1. The Kier molecular flexibility index (Phi) is 10.6. The molecule has 1 aliphatic rings. The molecule has 3 N–H and O–H groups in total. The predicted molar refractivity (Wildman–Crippen MR) is 119 cm³/mol. The summed E-state index contributed by atoms with van der Waals surface area (Å²) in [4.78, 5) is 14.7. The molecule has 3 rings (SSSR count). The van der Waals surface area contributed by atoms with Crippen molar-refractivity contribution in [1.82, 2.24) is 10.2 Å². The topological polar surface area (TPSA) is 67.6 Å². The van der Waals surface area contributed by atoms with E-state index >= 15 is 0 Å². The number of benzene rings is 2. The number of hydrogen-bond acceptors (Lipinski definition) is 4. The van der Waals surface area contributed by atoms with E-state index < -0.39 is 0 Å². The second-order valence-corrected chi connectivity index (χ2v) is 6.88. The quantitative estimate of drug-likeness (QED) is 0.667. The average Bonchev–Trinajstić information content (AvgIpc) is 2.65. The van der Waals surface area contributed by atoms with Gasteiger partial charge in [0.25, 0.3) is 0 Å². The third kappa shape index (κ3) is 7.15. The minimum atomic E-state index is -0.00458. The summed E-state index contributed by atoms with van der Waals surface area (Å²) in [6, 6.07) is 15.3. The third-order valence-electron chi connectivity index (χ3n) is 4.56. The minimum absolute atomic E-state index is 0. The van der Waals surface area contributed by atoms with Crippen LogP contribution in [-0.4, -0.2) is 43.7 Å². The van der Waals surface area contributed by atoms with Crippen molar-refractivity contribution in [3.05, 3.63) is 64.7 Å². The minimum Gasteiger partial charge on any atom is -0.399 e. The summed E-state index contributed by atoms with van der Waals surface area (Å²) in [6.07, 6.45) is 0.339. The Morgan fingerprint density at radius 3 is 2.46 bits per heavy atom. The third-order valence-corrected chi connectivity index (χ3v) is 4.79. The summed E-state index contributed by atoms with van der Waals surface area (Å²) in [5.74, 6) is -0.00458. The normalized spacial score (nSPS) is 15.0. The summed E-state index contributed by atoms with van der Waals surface area (Å²) in [5.41, 5.74) is 8.44. The van der Waals surface area contributed by atoms with E-state index in [9.17, 15) is 4.79 Å². The van der Waals surface area contributed by atoms with Gasteiger partial charge in [0.1, 0.15) is 0 Å². The molecular weight excluding hydrogens is 421 g/mol. The van der Waals surface area contributed by atoms with Crippen molar-refractivity contribution < 1.29 is 9.53 Å². The molecule has 1 atom stereocenters. The van der Waals surface area contributed by atoms with Gasteiger partial charge in [-0.1, -0.05) is 35.9 Å². The van der Waals surface area contributed by atoms with Crippen LogP contribution >= 0.6 is 36.4 Å². The highest BCUT2D eigenvalue weighted by molar-refractivity contribution is 6.30. The second-order valence-electron chi connectivity index (χ2n) is 6.44. The Balaban J connectivity index is 0.00000196. The standard InChI is InChI=1S/C20H24ClN3O2.2ClH/c21-17-3-1-2-16(13-17)19(24-8-10-26-11-9-24)14-23-20(25)12-15-4-6-18(22)7-5-15;;/h1-7,13,19H,8-12,14,22H2,(H,23,25);2*1H. The Morgan fingerprint density at radius 1 is 1.14 bits per heavy atom. The average molecular weight is 447 g/mol. The summed E-state index contributed by atoms with van der Waals surface area (Å²) in [6.45, 7) is 3.62. The number of halogens is 3. The highest BCUT2D eigenvalue weighted by Gasteiger charge is 2.23. The fourth-order valence-electron chi connectivity index (χ4n) is 3.15. The lowest BCUT2D eigenvalue weighted by molar-refractivity contribution is -0.120. The van der Waals surface area contributed by atoms with Crippen LogP contribution in [-0.2, 0) is 16.0 Å². The molecule has 2 aromatic rings. The molecule has 0 aliphatic carbocycles. The zero-order valence-electron chi connectivity index (χ0n) is 15.5. The molecule has 1 saturated heterocycles. The number of nitrogens with zero attached hydrogens (tertiary/aromatic N) is 1. The maximum absolute atomic E-state index is 12.4. The number of hydrogen-bond donors (Lipinski definition) is 2. The molecule has 1 heterocycles. The maximum Gasteiger partial charge on any atom is 0.224 e. The molecule has 0 aromatic heterocycles. The van der Waals surface area contributed by atoms with Crippen LogP contribution in [0.2, 0.25) is 5.02 Å². The van der Waals surface area contributed by atoms with Crippen molar-refractivity contribution >= 4 is 48.0 Å². The molecule has 0 spiro atoms. The lowest BCUT2D eigenvalue weighted by atomic mass is 10.0. The van der Waals surface area contributed by atoms with Crippen molar-refractivity contribution in [2.45, 2.75) is 12.5 Å². The number of carbonyl (C=O) groups excluding carboxylic acids is 1. The van der Waals surface area contributed by atoms with Crippen molar-refractivity contribution in [3.8, 4) is 0 Å². The van der Waals surface area contributed by atoms with Crippen LogP contribution in [0.25, 0.3) is 0 Å². The highest BCUT2D eigenvalue weighted by Crippen LogP contribution is 2.24. The highest BCUT2D eigenvalue weighted by atomic mass is 35.5. The Bertz CT molecular complexity index is 738. The van der Waals surface area contributed by atoms with E-state index in [2.05, 4.69) is 16.3 Å². The van der Waals surface area contributed by atoms with E-state index in [1.54, 1.807) is 0 Å². The Labute approximate surface area is 183 Å². The van der Waals surface area contributed by atoms with Gasteiger partial charge in [-0.25, -0.2) is 0 Å². The van der Waals surface area contributed by atoms with Gasteiger partial charge in [-0.2, -0.15) is 0 Å². The van der Waals surface area contributed by atoms with Gasteiger partial charge in [0.05, 0.1) is 25.7 Å². The second kappa shape index (κ2) is 12.1. The van der Waals surface area contributed by atoms with Gasteiger partial charge in [-0.3, -0.25) is 9.69 Å². The first-order valence-electron chi connectivity index (χ1n) is 8.80. The number of amides is 1. The van der Waals surface area contributed by atoms with E-state index in [0.29, 0.717) is 36.9 Å². The fourth-order valence-corrected chi connectivity index (χ4v) is 3.35. The van der Waals surface area contributed by atoms with Crippen molar-refractivity contribution in [1.29, 1.82) is 0 Å². The van der Waals surface area contributed by atoms with Gasteiger partial charge in [0, 0.05) is 30.3 Å². The Morgan fingerprint density at radius 2 is 1.82 bits per heavy atom. The molecule has 1 amide bonds.